The van der Waals surface area contributed by atoms with E-state index in [0.29, 0.717) is 37.8 Å². The van der Waals surface area contributed by atoms with Crippen LogP contribution in [0.15, 0.2) is 11.6 Å². The number of carbonyl (C=O) groups excluding carboxylic acids is 2. The molecule has 0 radical (unpaired) electrons. The van der Waals surface area contributed by atoms with Gasteiger partial charge in [-0.25, -0.2) is 4.98 Å². The maximum absolute atomic E-state index is 12.2. The van der Waals surface area contributed by atoms with Gasteiger partial charge in [-0.1, -0.05) is 0 Å². The molecule has 0 saturated carbocycles. The van der Waals surface area contributed by atoms with Crippen LogP contribution in [0.25, 0.3) is 4.96 Å². The van der Waals surface area contributed by atoms with E-state index in [-0.39, 0.29) is 5.91 Å². The summed E-state index contributed by atoms with van der Waals surface area (Å²) in [4.78, 5) is 30.7. The minimum Gasteiger partial charge on any atom is -0.377 e. The Hall–Kier alpha value is -1.93. The lowest BCUT2D eigenvalue weighted by Crippen LogP contribution is -2.54. The number of imidazole rings is 1. The minimum absolute atomic E-state index is 0.106. The van der Waals surface area contributed by atoms with Crippen molar-refractivity contribution >= 4 is 34.3 Å². The summed E-state index contributed by atoms with van der Waals surface area (Å²) in [5.41, 5.74) is 0.474. The number of anilines is 1. The fraction of sp³-hybridized carbons (Fsp3) is 0.462. The molecule has 0 aromatic carbocycles. The molecule has 1 atom stereocenters. The topological polar surface area (TPSA) is 75.9 Å². The number of ether oxygens (including phenoxy) is 1. The molecule has 0 aliphatic carbocycles. The van der Waals surface area contributed by atoms with Gasteiger partial charge in [0.05, 0.1) is 13.2 Å². The predicted molar refractivity (Wildman–Crippen MR) is 79.1 cm³/mol. The van der Waals surface area contributed by atoms with E-state index in [0.717, 1.165) is 11.2 Å². The number of aldehydes is 1. The number of rotatable bonds is 4. The lowest BCUT2D eigenvalue weighted by Gasteiger charge is -2.34. The lowest BCUT2D eigenvalue weighted by atomic mass is 10.2. The Morgan fingerprint density at radius 2 is 2.52 bits per heavy atom. The standard InChI is InChI=1S/C13H16N4O3S/c1-2-14-12(19)10-8-20-5-3-16(10)11-9(7-18)17-4-6-21-13(17)15-11/h4,6-7,10H,2-3,5,8H2,1H3,(H,14,19). The molecule has 1 aliphatic rings. The summed E-state index contributed by atoms with van der Waals surface area (Å²) in [6.07, 6.45) is 2.59. The van der Waals surface area contributed by atoms with Crippen molar-refractivity contribution in [1.82, 2.24) is 14.7 Å². The maximum atomic E-state index is 12.2. The SMILES string of the molecule is CCNC(=O)C1COCCN1c1nc2sccn2c1C=O. The number of hydrogen-bond donors (Lipinski definition) is 1. The number of thiazole rings is 1. The summed E-state index contributed by atoms with van der Waals surface area (Å²) in [5, 5.41) is 4.67. The zero-order chi connectivity index (χ0) is 14.8. The summed E-state index contributed by atoms with van der Waals surface area (Å²) < 4.78 is 7.15. The molecular formula is C13H16N4O3S. The molecule has 1 unspecified atom stereocenters. The second-order valence-corrected chi connectivity index (χ2v) is 5.55. The van der Waals surface area contributed by atoms with E-state index in [4.69, 9.17) is 4.74 Å². The zero-order valence-corrected chi connectivity index (χ0v) is 12.4. The third-order valence-corrected chi connectivity index (χ3v) is 4.20. The smallest absolute Gasteiger partial charge is 0.245 e. The summed E-state index contributed by atoms with van der Waals surface area (Å²) >= 11 is 1.46. The van der Waals surface area contributed by atoms with E-state index < -0.39 is 6.04 Å². The lowest BCUT2D eigenvalue weighted by molar-refractivity contribution is -0.124. The number of aromatic nitrogens is 2. The Morgan fingerprint density at radius 3 is 3.29 bits per heavy atom. The molecule has 3 rings (SSSR count). The van der Waals surface area contributed by atoms with Crippen LogP contribution in [0.5, 0.6) is 0 Å². The molecule has 21 heavy (non-hydrogen) atoms. The number of amides is 1. The zero-order valence-electron chi connectivity index (χ0n) is 11.6. The Kier molecular flexibility index (Phi) is 3.89. The van der Waals surface area contributed by atoms with Gasteiger partial charge in [0.2, 0.25) is 5.91 Å². The fourth-order valence-corrected chi connectivity index (χ4v) is 3.20. The van der Waals surface area contributed by atoms with E-state index >= 15 is 0 Å². The van der Waals surface area contributed by atoms with Crippen LogP contribution in [-0.2, 0) is 9.53 Å². The Morgan fingerprint density at radius 1 is 1.67 bits per heavy atom. The van der Waals surface area contributed by atoms with Crippen molar-refractivity contribution < 1.29 is 14.3 Å². The van der Waals surface area contributed by atoms with Crippen molar-refractivity contribution in [2.75, 3.05) is 31.2 Å². The summed E-state index contributed by atoms with van der Waals surface area (Å²) in [7, 11) is 0. The molecule has 0 spiro atoms. The van der Waals surface area contributed by atoms with E-state index in [1.807, 2.05) is 23.4 Å². The van der Waals surface area contributed by atoms with Crippen molar-refractivity contribution in [2.24, 2.45) is 0 Å². The normalized spacial score (nSPS) is 18.9. The Bertz CT molecular complexity index is 665. The summed E-state index contributed by atoms with van der Waals surface area (Å²) in [6, 6.07) is -0.456. The highest BCUT2D eigenvalue weighted by molar-refractivity contribution is 7.15. The number of nitrogens with zero attached hydrogens (tertiary/aromatic N) is 3. The highest BCUT2D eigenvalue weighted by atomic mass is 32.1. The quantitative estimate of drug-likeness (QED) is 0.835. The van der Waals surface area contributed by atoms with Gasteiger partial charge < -0.3 is 15.0 Å². The Balaban J connectivity index is 1.99. The number of morpholine rings is 1. The van der Waals surface area contributed by atoms with Crippen LogP contribution in [0.1, 0.15) is 17.4 Å². The molecular weight excluding hydrogens is 292 g/mol. The summed E-state index contributed by atoms with van der Waals surface area (Å²) in [5.74, 6) is 0.446. The van der Waals surface area contributed by atoms with Crippen LogP contribution >= 0.6 is 11.3 Å². The number of nitrogens with one attached hydrogen (secondary N) is 1. The minimum atomic E-state index is -0.456. The molecule has 1 aliphatic heterocycles. The average molecular weight is 308 g/mol. The van der Waals surface area contributed by atoms with Crippen LogP contribution in [-0.4, -0.2) is 53.9 Å². The van der Waals surface area contributed by atoms with Gasteiger partial charge in [0.25, 0.3) is 0 Å². The summed E-state index contributed by atoms with van der Waals surface area (Å²) in [6.45, 7) is 3.78. The van der Waals surface area contributed by atoms with Gasteiger partial charge in [-0.2, -0.15) is 0 Å². The molecule has 2 aromatic rings. The molecule has 3 heterocycles. The first-order valence-corrected chi connectivity index (χ1v) is 7.67. The van der Waals surface area contributed by atoms with Gasteiger partial charge in [-0.05, 0) is 6.92 Å². The Labute approximate surface area is 125 Å². The molecule has 1 saturated heterocycles. The first-order valence-electron chi connectivity index (χ1n) is 6.79. The van der Waals surface area contributed by atoms with E-state index in [1.165, 1.54) is 11.3 Å². The third-order valence-electron chi connectivity index (χ3n) is 3.45. The average Bonchev–Trinajstić information content (AvgIpc) is 3.07. The van der Waals surface area contributed by atoms with Crippen LogP contribution in [0.2, 0.25) is 0 Å². The predicted octanol–water partition coefficient (Wildman–Crippen LogP) is 0.550. The van der Waals surface area contributed by atoms with E-state index in [9.17, 15) is 9.59 Å². The van der Waals surface area contributed by atoms with Crippen molar-refractivity contribution in [2.45, 2.75) is 13.0 Å². The second kappa shape index (κ2) is 5.82. The van der Waals surface area contributed by atoms with Crippen LogP contribution < -0.4 is 10.2 Å². The molecule has 0 bridgehead atoms. The van der Waals surface area contributed by atoms with Gasteiger partial charge >= 0.3 is 0 Å². The number of likely N-dealkylation sites (N-methyl/N-ethyl adjacent to an activating group) is 1. The first kappa shape index (κ1) is 14.0. The first-order chi connectivity index (χ1) is 10.3. The van der Waals surface area contributed by atoms with E-state index in [1.54, 1.807) is 4.40 Å². The molecule has 1 N–H and O–H groups in total. The molecule has 1 amide bonds. The van der Waals surface area contributed by atoms with Crippen molar-refractivity contribution in [3.8, 4) is 0 Å². The van der Waals surface area contributed by atoms with E-state index in [2.05, 4.69) is 10.3 Å². The highest BCUT2D eigenvalue weighted by Gasteiger charge is 2.32. The third kappa shape index (κ3) is 2.40. The number of fused-ring (bicyclic) bond motifs is 1. The van der Waals surface area contributed by atoms with Crippen molar-refractivity contribution in [3.63, 3.8) is 0 Å². The van der Waals surface area contributed by atoms with Crippen molar-refractivity contribution in [3.05, 3.63) is 17.3 Å². The highest BCUT2D eigenvalue weighted by Crippen LogP contribution is 2.26. The monoisotopic (exact) mass is 308 g/mol. The van der Waals surface area contributed by atoms with Gasteiger partial charge in [0.1, 0.15) is 11.7 Å². The molecule has 112 valence electrons. The largest absolute Gasteiger partial charge is 0.377 e. The van der Waals surface area contributed by atoms with Crippen LogP contribution in [0.4, 0.5) is 5.82 Å². The maximum Gasteiger partial charge on any atom is 0.245 e. The van der Waals surface area contributed by atoms with Crippen LogP contribution in [0, 0.1) is 0 Å². The van der Waals surface area contributed by atoms with Gasteiger partial charge in [0.15, 0.2) is 17.1 Å². The molecule has 7 nitrogen and oxygen atoms in total. The molecule has 1 fully saturated rings. The number of hydrogen-bond acceptors (Lipinski definition) is 6. The second-order valence-electron chi connectivity index (χ2n) is 4.67. The van der Waals surface area contributed by atoms with Gasteiger partial charge in [-0.15, -0.1) is 11.3 Å². The van der Waals surface area contributed by atoms with Crippen LogP contribution in [0.3, 0.4) is 0 Å². The molecule has 2 aromatic heterocycles. The fourth-order valence-electron chi connectivity index (χ4n) is 2.48. The van der Waals surface area contributed by atoms with Gasteiger partial charge in [-0.3, -0.25) is 14.0 Å². The van der Waals surface area contributed by atoms with Crippen molar-refractivity contribution in [1.29, 1.82) is 0 Å². The molecule has 8 heteroatoms. The van der Waals surface area contributed by atoms with Gasteiger partial charge in [0, 0.05) is 24.7 Å². The number of carbonyl (C=O) groups is 2.